The number of nitrogens with one attached hydrogen (secondary N) is 1. The average Bonchev–Trinajstić information content (AvgIpc) is 3.45. The smallest absolute Gasteiger partial charge is 0.310 e. The Labute approximate surface area is 143 Å². The average molecular weight is 321 g/mol. The maximum absolute atomic E-state index is 12.8. The Morgan fingerprint density at radius 2 is 1.58 bits per heavy atom. The quantitative estimate of drug-likeness (QED) is 0.874. The molecule has 2 unspecified atom stereocenters. The van der Waals surface area contributed by atoms with Gasteiger partial charge in [0.25, 0.3) is 0 Å². The summed E-state index contributed by atoms with van der Waals surface area (Å²) in [6, 6.07) is 20.5. The summed E-state index contributed by atoms with van der Waals surface area (Å²) in [7, 11) is 0. The van der Waals surface area contributed by atoms with E-state index in [2.05, 4.69) is 29.6 Å². The molecule has 0 bridgehead atoms. The Morgan fingerprint density at radius 1 is 0.958 bits per heavy atom. The normalized spacial score (nSPS) is 25.0. The summed E-state index contributed by atoms with van der Waals surface area (Å²) in [4.78, 5) is 12.8. The number of carbonyl (C=O) groups is 1. The van der Waals surface area contributed by atoms with Crippen molar-refractivity contribution < 1.29 is 9.53 Å². The van der Waals surface area contributed by atoms with E-state index < -0.39 is 5.60 Å². The van der Waals surface area contributed by atoms with Crippen molar-refractivity contribution >= 4 is 5.97 Å². The summed E-state index contributed by atoms with van der Waals surface area (Å²) in [6.07, 6.45) is 2.59. The van der Waals surface area contributed by atoms with E-state index in [0.29, 0.717) is 5.92 Å². The number of hydrogen-bond acceptors (Lipinski definition) is 3. The summed E-state index contributed by atoms with van der Waals surface area (Å²) >= 11 is 0. The third-order valence-corrected chi connectivity index (χ3v) is 5.33. The summed E-state index contributed by atoms with van der Waals surface area (Å²) in [6.45, 7) is 1.77. The molecule has 2 aromatic carbocycles. The molecular weight excluding hydrogens is 298 g/mol. The molecule has 1 heterocycles. The maximum Gasteiger partial charge on any atom is 0.310 e. The van der Waals surface area contributed by atoms with Crippen LogP contribution in [0.15, 0.2) is 60.7 Å². The van der Waals surface area contributed by atoms with Crippen LogP contribution in [-0.4, -0.2) is 19.1 Å². The molecule has 1 aliphatic heterocycles. The molecule has 2 aromatic rings. The first kappa shape index (κ1) is 15.4. The second-order valence-corrected chi connectivity index (χ2v) is 6.89. The lowest BCUT2D eigenvalue weighted by molar-refractivity contribution is -0.166. The fourth-order valence-corrected chi connectivity index (χ4v) is 3.81. The van der Waals surface area contributed by atoms with Gasteiger partial charge in [-0.3, -0.25) is 4.79 Å². The summed E-state index contributed by atoms with van der Waals surface area (Å²) in [5.41, 5.74) is 1.91. The van der Waals surface area contributed by atoms with Crippen LogP contribution in [0.1, 0.15) is 36.3 Å². The number of piperidine rings is 1. The van der Waals surface area contributed by atoms with Crippen LogP contribution in [0, 0.1) is 5.92 Å². The number of hydrogen-bond donors (Lipinski definition) is 1. The predicted molar refractivity (Wildman–Crippen MR) is 93.6 cm³/mol. The van der Waals surface area contributed by atoms with Crippen molar-refractivity contribution in [3.63, 3.8) is 0 Å². The molecule has 0 amide bonds. The molecule has 1 saturated heterocycles. The Kier molecular flexibility index (Phi) is 4.11. The van der Waals surface area contributed by atoms with E-state index in [1.54, 1.807) is 0 Å². The molecule has 0 spiro atoms. The zero-order chi connectivity index (χ0) is 16.4. The van der Waals surface area contributed by atoms with Gasteiger partial charge in [-0.1, -0.05) is 60.7 Å². The minimum Gasteiger partial charge on any atom is -0.454 e. The third-order valence-electron chi connectivity index (χ3n) is 5.33. The molecular formula is C21H23NO2. The van der Waals surface area contributed by atoms with Gasteiger partial charge in [0.05, 0.1) is 5.92 Å². The maximum atomic E-state index is 12.8. The van der Waals surface area contributed by atoms with Crippen LogP contribution >= 0.6 is 0 Å². The van der Waals surface area contributed by atoms with Crippen molar-refractivity contribution in [1.29, 1.82) is 0 Å². The van der Waals surface area contributed by atoms with Crippen LogP contribution < -0.4 is 5.32 Å². The first-order valence-corrected chi connectivity index (χ1v) is 8.83. The van der Waals surface area contributed by atoms with Gasteiger partial charge in [-0.2, -0.15) is 0 Å². The van der Waals surface area contributed by atoms with Crippen LogP contribution in [0.2, 0.25) is 0 Å². The van der Waals surface area contributed by atoms with E-state index in [1.165, 1.54) is 5.56 Å². The van der Waals surface area contributed by atoms with Gasteiger partial charge in [0, 0.05) is 12.8 Å². The molecule has 1 saturated carbocycles. The van der Waals surface area contributed by atoms with Crippen LogP contribution in [0.3, 0.4) is 0 Å². The minimum atomic E-state index is -0.465. The monoisotopic (exact) mass is 321 g/mol. The Bertz CT molecular complexity index is 692. The molecule has 124 valence electrons. The Morgan fingerprint density at radius 3 is 2.25 bits per heavy atom. The summed E-state index contributed by atoms with van der Waals surface area (Å²) in [5, 5.41) is 3.37. The third kappa shape index (κ3) is 2.96. The van der Waals surface area contributed by atoms with Crippen LogP contribution in [0.4, 0.5) is 0 Å². The highest BCUT2D eigenvalue weighted by atomic mass is 16.6. The molecule has 0 aromatic heterocycles. The van der Waals surface area contributed by atoms with Crippen molar-refractivity contribution in [2.45, 2.75) is 30.8 Å². The van der Waals surface area contributed by atoms with Gasteiger partial charge >= 0.3 is 5.97 Å². The van der Waals surface area contributed by atoms with Crippen LogP contribution in [0.5, 0.6) is 0 Å². The Balaban J connectivity index is 1.51. The van der Waals surface area contributed by atoms with Gasteiger partial charge in [0.2, 0.25) is 0 Å². The number of carbonyl (C=O) groups excluding carboxylic acids is 1. The largest absolute Gasteiger partial charge is 0.454 e. The van der Waals surface area contributed by atoms with Crippen molar-refractivity contribution in [2.75, 3.05) is 13.1 Å². The minimum absolute atomic E-state index is 0.0165. The lowest BCUT2D eigenvalue weighted by atomic mass is 9.84. The van der Waals surface area contributed by atoms with E-state index in [0.717, 1.165) is 37.9 Å². The molecule has 0 radical (unpaired) electrons. The van der Waals surface area contributed by atoms with E-state index in [1.807, 2.05) is 36.4 Å². The van der Waals surface area contributed by atoms with Gasteiger partial charge in [-0.25, -0.2) is 0 Å². The lowest BCUT2D eigenvalue weighted by Crippen LogP contribution is -2.43. The van der Waals surface area contributed by atoms with Crippen molar-refractivity contribution in [3.05, 3.63) is 71.8 Å². The second-order valence-electron chi connectivity index (χ2n) is 6.89. The zero-order valence-electron chi connectivity index (χ0n) is 13.8. The number of rotatable bonds is 4. The first-order valence-electron chi connectivity index (χ1n) is 8.83. The topological polar surface area (TPSA) is 38.3 Å². The number of benzene rings is 2. The summed E-state index contributed by atoms with van der Waals surface area (Å²) in [5.74, 6) is 0.311. The molecule has 2 fully saturated rings. The SMILES string of the molecule is O=C(OC1(c2ccccc2)CCNCC1)C1CC1c1ccccc1. The fourth-order valence-electron chi connectivity index (χ4n) is 3.81. The van der Waals surface area contributed by atoms with E-state index in [9.17, 15) is 4.79 Å². The van der Waals surface area contributed by atoms with E-state index >= 15 is 0 Å². The van der Waals surface area contributed by atoms with E-state index in [-0.39, 0.29) is 11.9 Å². The van der Waals surface area contributed by atoms with Gasteiger partial charge in [0.15, 0.2) is 0 Å². The summed E-state index contributed by atoms with van der Waals surface area (Å²) < 4.78 is 6.16. The van der Waals surface area contributed by atoms with Crippen LogP contribution in [0.25, 0.3) is 0 Å². The standard InChI is InChI=1S/C21H23NO2/c23-20(19-15-18(19)16-7-3-1-4-8-16)24-21(11-13-22-14-12-21)17-9-5-2-6-10-17/h1-10,18-19,22H,11-15H2. The highest BCUT2D eigenvalue weighted by Gasteiger charge is 2.48. The molecule has 24 heavy (non-hydrogen) atoms. The van der Waals surface area contributed by atoms with Gasteiger partial charge < -0.3 is 10.1 Å². The predicted octanol–water partition coefficient (Wildman–Crippen LogP) is 3.61. The number of esters is 1. The lowest BCUT2D eigenvalue weighted by Gasteiger charge is -2.37. The highest BCUT2D eigenvalue weighted by Crippen LogP contribution is 2.49. The van der Waals surface area contributed by atoms with Crippen molar-refractivity contribution in [1.82, 2.24) is 5.32 Å². The zero-order valence-corrected chi connectivity index (χ0v) is 13.8. The van der Waals surface area contributed by atoms with E-state index in [4.69, 9.17) is 4.74 Å². The second kappa shape index (κ2) is 6.40. The first-order chi connectivity index (χ1) is 11.8. The Hall–Kier alpha value is -2.13. The molecule has 2 aliphatic rings. The molecule has 1 N–H and O–H groups in total. The van der Waals surface area contributed by atoms with Gasteiger partial charge in [-0.05, 0) is 36.6 Å². The molecule has 4 rings (SSSR count). The van der Waals surface area contributed by atoms with Gasteiger partial charge in [-0.15, -0.1) is 0 Å². The van der Waals surface area contributed by atoms with Crippen molar-refractivity contribution in [2.24, 2.45) is 5.92 Å². The fraction of sp³-hybridized carbons (Fsp3) is 0.381. The van der Waals surface area contributed by atoms with Crippen LogP contribution in [-0.2, 0) is 15.1 Å². The molecule has 1 aliphatic carbocycles. The van der Waals surface area contributed by atoms with Crippen molar-refractivity contribution in [3.8, 4) is 0 Å². The number of ether oxygens (including phenoxy) is 1. The molecule has 3 nitrogen and oxygen atoms in total. The molecule has 2 atom stereocenters. The molecule has 3 heteroatoms. The highest BCUT2D eigenvalue weighted by molar-refractivity contribution is 5.78. The van der Waals surface area contributed by atoms with Gasteiger partial charge in [0.1, 0.15) is 5.60 Å².